The van der Waals surface area contributed by atoms with Crippen molar-refractivity contribution in [3.8, 4) is 0 Å². The van der Waals surface area contributed by atoms with E-state index in [-0.39, 0.29) is 0 Å². The molecule has 0 aliphatic carbocycles. The van der Waals surface area contributed by atoms with Crippen molar-refractivity contribution in [2.75, 3.05) is 0 Å². The number of carbonyl (C=O) groups excluding carboxylic acids is 1. The second-order valence-electron chi connectivity index (χ2n) is 5.52. The number of ether oxygens (including phenoxy) is 1. The molecule has 3 nitrogen and oxygen atoms in total. The van der Waals surface area contributed by atoms with Gasteiger partial charge < -0.3 is 9.84 Å². The topological polar surface area (TPSA) is 46.5 Å². The van der Waals surface area contributed by atoms with Gasteiger partial charge in [0.2, 0.25) is 0 Å². The van der Waals surface area contributed by atoms with Crippen LogP contribution in [-0.4, -0.2) is 35.1 Å². The summed E-state index contributed by atoms with van der Waals surface area (Å²) < 4.78 is 80.0. The van der Waals surface area contributed by atoms with Crippen molar-refractivity contribution in [3.05, 3.63) is 0 Å². The van der Waals surface area contributed by atoms with Gasteiger partial charge in [-0.05, 0) is 5.41 Å². The predicted molar refractivity (Wildman–Crippen MR) is 56.7 cm³/mol. The highest BCUT2D eigenvalue weighted by Gasteiger charge is 2.71. The quantitative estimate of drug-likeness (QED) is 0.643. The number of halogens is 6. The van der Waals surface area contributed by atoms with Crippen LogP contribution < -0.4 is 0 Å². The van der Waals surface area contributed by atoms with Gasteiger partial charge in [0.15, 0.2) is 0 Å². The molecule has 120 valence electrons. The van der Waals surface area contributed by atoms with Crippen molar-refractivity contribution >= 4 is 5.97 Å². The van der Waals surface area contributed by atoms with Crippen molar-refractivity contribution in [2.45, 2.75) is 58.2 Å². The molecule has 0 aromatic heterocycles. The van der Waals surface area contributed by atoms with Crippen LogP contribution in [0.15, 0.2) is 0 Å². The molecule has 1 unspecified atom stereocenters. The van der Waals surface area contributed by atoms with Crippen LogP contribution in [0.1, 0.15) is 34.1 Å². The zero-order valence-electron chi connectivity index (χ0n) is 11.3. The molecule has 1 N–H and O–H groups in total. The van der Waals surface area contributed by atoms with Crippen molar-refractivity contribution < 1.29 is 41.0 Å². The van der Waals surface area contributed by atoms with Crippen LogP contribution >= 0.6 is 0 Å². The molecule has 0 aliphatic rings. The lowest BCUT2D eigenvalue weighted by Gasteiger charge is -2.38. The zero-order valence-corrected chi connectivity index (χ0v) is 11.3. The summed E-state index contributed by atoms with van der Waals surface area (Å²) in [5.41, 5.74) is -6.15. The summed E-state index contributed by atoms with van der Waals surface area (Å²) in [6, 6.07) is 0. The molecule has 0 aromatic carbocycles. The van der Waals surface area contributed by atoms with Crippen LogP contribution in [0, 0.1) is 5.41 Å². The van der Waals surface area contributed by atoms with Gasteiger partial charge in [0.05, 0.1) is 0 Å². The minimum absolute atomic E-state index is 0.860. The minimum atomic E-state index is -5.94. The fourth-order valence-corrected chi connectivity index (χ4v) is 1.39. The molecule has 9 heteroatoms. The van der Waals surface area contributed by atoms with E-state index in [1.165, 1.54) is 20.8 Å². The highest BCUT2D eigenvalue weighted by atomic mass is 19.4. The Hall–Kier alpha value is -0.990. The third kappa shape index (κ3) is 4.26. The molecule has 0 fully saturated rings. The lowest BCUT2D eigenvalue weighted by atomic mass is 9.81. The highest BCUT2D eigenvalue weighted by molar-refractivity contribution is 5.66. The Morgan fingerprint density at radius 3 is 1.60 bits per heavy atom. The van der Waals surface area contributed by atoms with Crippen LogP contribution in [0.3, 0.4) is 0 Å². The molecule has 0 aromatic rings. The van der Waals surface area contributed by atoms with E-state index >= 15 is 0 Å². The fourth-order valence-electron chi connectivity index (χ4n) is 1.39. The van der Waals surface area contributed by atoms with Crippen molar-refractivity contribution in [1.29, 1.82) is 0 Å². The summed E-state index contributed by atoms with van der Waals surface area (Å²) in [6.07, 6.45) is -15.4. The first-order valence-electron chi connectivity index (χ1n) is 5.55. The van der Waals surface area contributed by atoms with Gasteiger partial charge in [-0.2, -0.15) is 26.3 Å². The lowest BCUT2D eigenvalue weighted by Crippen LogP contribution is -2.59. The van der Waals surface area contributed by atoms with E-state index < -0.39 is 41.9 Å². The number of hydrogen-bond donors (Lipinski definition) is 1. The van der Waals surface area contributed by atoms with Crippen molar-refractivity contribution in [3.63, 3.8) is 0 Å². The van der Waals surface area contributed by atoms with Gasteiger partial charge in [-0.3, -0.25) is 4.79 Å². The molecular weight excluding hydrogens is 294 g/mol. The molecule has 0 saturated heterocycles. The zero-order chi connectivity index (χ0) is 16.6. The molecular formula is C11H16F6O3. The summed E-state index contributed by atoms with van der Waals surface area (Å²) in [6.45, 7) is 4.76. The summed E-state index contributed by atoms with van der Waals surface area (Å²) in [7, 11) is 0. The molecule has 0 saturated carbocycles. The number of aliphatic hydroxyl groups is 1. The van der Waals surface area contributed by atoms with E-state index in [0.717, 1.165) is 6.92 Å². The summed E-state index contributed by atoms with van der Waals surface area (Å²) in [5.74, 6) is -1.03. The van der Waals surface area contributed by atoms with Crippen LogP contribution in [0.4, 0.5) is 26.3 Å². The van der Waals surface area contributed by atoms with Gasteiger partial charge in [-0.25, -0.2) is 0 Å². The maximum atomic E-state index is 12.6. The fraction of sp³-hybridized carbons (Fsp3) is 0.909. The minimum Gasteiger partial charge on any atom is -0.462 e. The van der Waals surface area contributed by atoms with Gasteiger partial charge in [0.25, 0.3) is 5.60 Å². The average molecular weight is 310 g/mol. The SMILES string of the molecule is CC(=O)OC(CC(O)(C(F)(F)F)C(F)(F)F)C(C)(C)C. The maximum absolute atomic E-state index is 12.6. The molecule has 0 heterocycles. The van der Waals surface area contributed by atoms with Gasteiger partial charge in [0, 0.05) is 13.3 Å². The van der Waals surface area contributed by atoms with Crippen LogP contribution in [0.2, 0.25) is 0 Å². The number of alkyl halides is 6. The van der Waals surface area contributed by atoms with E-state index in [1.807, 2.05) is 0 Å². The van der Waals surface area contributed by atoms with Gasteiger partial charge in [-0.15, -0.1) is 0 Å². The van der Waals surface area contributed by atoms with Gasteiger partial charge in [0.1, 0.15) is 6.10 Å². The Balaban J connectivity index is 5.59. The lowest BCUT2D eigenvalue weighted by molar-refractivity contribution is -0.375. The van der Waals surface area contributed by atoms with Gasteiger partial charge in [-0.1, -0.05) is 20.8 Å². The molecule has 1 atom stereocenters. The van der Waals surface area contributed by atoms with E-state index in [2.05, 4.69) is 4.74 Å². The predicted octanol–water partition coefficient (Wildman–Crippen LogP) is 3.21. The Labute approximate surface area is 111 Å². The maximum Gasteiger partial charge on any atom is 0.426 e. The Morgan fingerprint density at radius 1 is 1.05 bits per heavy atom. The van der Waals surface area contributed by atoms with Crippen LogP contribution in [-0.2, 0) is 9.53 Å². The largest absolute Gasteiger partial charge is 0.462 e. The molecule has 0 amide bonds. The van der Waals surface area contributed by atoms with Crippen LogP contribution in [0.25, 0.3) is 0 Å². The first kappa shape index (κ1) is 19.0. The van der Waals surface area contributed by atoms with E-state index in [9.17, 15) is 31.1 Å². The Kier molecular flexibility index (Phi) is 5.15. The first-order chi connectivity index (χ1) is 8.52. The van der Waals surface area contributed by atoms with Crippen molar-refractivity contribution in [1.82, 2.24) is 0 Å². The summed E-state index contributed by atoms with van der Waals surface area (Å²) in [5, 5.41) is 9.09. The standard InChI is InChI=1S/C11H16F6O3/c1-6(18)20-7(8(2,3)4)5-9(19,10(12,13)14)11(15,16)17/h7,19H,5H2,1-4H3. The number of hydrogen-bond acceptors (Lipinski definition) is 3. The Bertz CT molecular complexity index is 339. The summed E-state index contributed by atoms with van der Waals surface area (Å²) in [4.78, 5) is 10.8. The van der Waals surface area contributed by atoms with Crippen molar-refractivity contribution in [2.24, 2.45) is 5.41 Å². The summed E-state index contributed by atoms with van der Waals surface area (Å²) >= 11 is 0. The van der Waals surface area contributed by atoms with E-state index in [0.29, 0.717) is 0 Å². The molecule has 0 spiro atoms. The van der Waals surface area contributed by atoms with Crippen LogP contribution in [0.5, 0.6) is 0 Å². The highest BCUT2D eigenvalue weighted by Crippen LogP contribution is 2.47. The second-order valence-corrected chi connectivity index (χ2v) is 5.52. The number of esters is 1. The monoisotopic (exact) mass is 310 g/mol. The van der Waals surface area contributed by atoms with E-state index in [4.69, 9.17) is 5.11 Å². The smallest absolute Gasteiger partial charge is 0.426 e. The molecule has 0 bridgehead atoms. The number of rotatable bonds is 3. The normalized spacial score (nSPS) is 15.9. The second kappa shape index (κ2) is 5.42. The molecule has 0 rings (SSSR count). The first-order valence-corrected chi connectivity index (χ1v) is 5.55. The molecule has 0 radical (unpaired) electrons. The van der Waals surface area contributed by atoms with E-state index in [1.54, 1.807) is 0 Å². The molecule has 0 aliphatic heterocycles. The number of carbonyl (C=O) groups is 1. The molecule has 20 heavy (non-hydrogen) atoms. The average Bonchev–Trinajstić information content (AvgIpc) is 2.10. The van der Waals surface area contributed by atoms with Gasteiger partial charge >= 0.3 is 18.3 Å². The third-order valence-electron chi connectivity index (χ3n) is 2.69. The third-order valence-corrected chi connectivity index (χ3v) is 2.69. The Morgan fingerprint density at radius 2 is 1.40 bits per heavy atom.